The summed E-state index contributed by atoms with van der Waals surface area (Å²) < 4.78 is 5.26. The largest absolute Gasteiger partial charge is 0.389 e. The summed E-state index contributed by atoms with van der Waals surface area (Å²) in [5, 5.41) is 13.3. The summed E-state index contributed by atoms with van der Waals surface area (Å²) in [4.78, 5) is 0. The highest BCUT2D eigenvalue weighted by atomic mass is 16.5. The predicted octanol–water partition coefficient (Wildman–Crippen LogP) is 1.16. The quantitative estimate of drug-likeness (QED) is 0.723. The van der Waals surface area contributed by atoms with Gasteiger partial charge in [0.1, 0.15) is 0 Å². The van der Waals surface area contributed by atoms with Crippen molar-refractivity contribution in [3.8, 4) is 0 Å². The highest BCUT2D eigenvalue weighted by Crippen LogP contribution is 2.30. The third kappa shape index (κ3) is 2.52. The van der Waals surface area contributed by atoms with E-state index in [1.807, 2.05) is 0 Å². The predicted molar refractivity (Wildman–Crippen MR) is 59.7 cm³/mol. The van der Waals surface area contributed by atoms with Crippen LogP contribution in [0.2, 0.25) is 0 Å². The maximum absolute atomic E-state index is 9.68. The number of hydrogen-bond donors (Lipinski definition) is 2. The smallest absolute Gasteiger partial charge is 0.0948 e. The van der Waals surface area contributed by atoms with E-state index in [2.05, 4.69) is 19.2 Å². The fraction of sp³-hybridized carbons (Fsp3) is 1.00. The van der Waals surface area contributed by atoms with Crippen LogP contribution >= 0.6 is 0 Å². The average Bonchev–Trinajstić information content (AvgIpc) is 2.60. The Balaban J connectivity index is 1.87. The Hall–Kier alpha value is -0.120. The molecule has 2 N–H and O–H groups in total. The molecule has 0 radical (unpaired) electrons. The van der Waals surface area contributed by atoms with Crippen molar-refractivity contribution in [3.63, 3.8) is 0 Å². The topological polar surface area (TPSA) is 41.5 Å². The van der Waals surface area contributed by atoms with Crippen LogP contribution in [0.3, 0.4) is 0 Å². The second-order valence-electron chi connectivity index (χ2n) is 5.25. The van der Waals surface area contributed by atoms with Gasteiger partial charge in [-0.05, 0) is 18.3 Å². The van der Waals surface area contributed by atoms with Crippen molar-refractivity contribution in [2.75, 3.05) is 13.2 Å². The van der Waals surface area contributed by atoms with E-state index in [9.17, 15) is 5.11 Å². The van der Waals surface area contributed by atoms with Crippen LogP contribution in [0.4, 0.5) is 0 Å². The van der Waals surface area contributed by atoms with Gasteiger partial charge in [-0.15, -0.1) is 0 Å². The summed E-state index contributed by atoms with van der Waals surface area (Å²) in [7, 11) is 0. The van der Waals surface area contributed by atoms with Crippen molar-refractivity contribution in [1.29, 1.82) is 0 Å². The first-order valence-corrected chi connectivity index (χ1v) is 6.20. The van der Waals surface area contributed by atoms with Crippen LogP contribution in [0.1, 0.15) is 33.1 Å². The van der Waals surface area contributed by atoms with Crippen LogP contribution < -0.4 is 5.32 Å². The molecule has 1 saturated heterocycles. The molecule has 1 aliphatic heterocycles. The minimum Gasteiger partial charge on any atom is -0.389 e. The summed E-state index contributed by atoms with van der Waals surface area (Å²) in [5.41, 5.74) is 0. The fourth-order valence-electron chi connectivity index (χ4n) is 2.79. The Bertz CT molecular complexity index is 210. The van der Waals surface area contributed by atoms with Crippen molar-refractivity contribution in [2.45, 2.75) is 51.3 Å². The van der Waals surface area contributed by atoms with Gasteiger partial charge in [-0.3, -0.25) is 0 Å². The first kappa shape index (κ1) is 11.4. The Labute approximate surface area is 92.2 Å². The summed E-state index contributed by atoms with van der Waals surface area (Å²) >= 11 is 0. The molecule has 0 aromatic carbocycles. The standard InChI is InChI=1S/C12H23NO2/c1-8-4-3-5-10(9(8)2)13-11-6-15-7-12(11)14/h8-14H,3-7H2,1-2H3. The summed E-state index contributed by atoms with van der Waals surface area (Å²) in [6, 6.07) is 0.720. The molecule has 88 valence electrons. The van der Waals surface area contributed by atoms with Crippen LogP contribution in [-0.2, 0) is 4.74 Å². The lowest BCUT2D eigenvalue weighted by molar-refractivity contribution is 0.114. The molecule has 1 heterocycles. The van der Waals surface area contributed by atoms with Crippen molar-refractivity contribution in [3.05, 3.63) is 0 Å². The van der Waals surface area contributed by atoms with Gasteiger partial charge in [0.15, 0.2) is 0 Å². The Kier molecular flexibility index (Phi) is 3.65. The summed E-state index contributed by atoms with van der Waals surface area (Å²) in [5.74, 6) is 1.52. The van der Waals surface area contributed by atoms with E-state index in [-0.39, 0.29) is 12.1 Å². The van der Waals surface area contributed by atoms with Crippen molar-refractivity contribution < 1.29 is 9.84 Å². The number of aliphatic hydroxyl groups excluding tert-OH is 1. The van der Waals surface area contributed by atoms with Crippen molar-refractivity contribution >= 4 is 0 Å². The summed E-state index contributed by atoms with van der Waals surface area (Å²) in [6.07, 6.45) is 3.60. The Morgan fingerprint density at radius 3 is 2.60 bits per heavy atom. The number of hydrogen-bond acceptors (Lipinski definition) is 3. The molecule has 3 nitrogen and oxygen atoms in total. The first-order chi connectivity index (χ1) is 7.18. The van der Waals surface area contributed by atoms with Gasteiger partial charge in [-0.2, -0.15) is 0 Å². The average molecular weight is 213 g/mol. The third-order valence-electron chi connectivity index (χ3n) is 4.19. The van der Waals surface area contributed by atoms with Gasteiger partial charge in [0, 0.05) is 6.04 Å². The monoisotopic (exact) mass is 213 g/mol. The molecule has 0 bridgehead atoms. The lowest BCUT2D eigenvalue weighted by atomic mass is 9.78. The maximum Gasteiger partial charge on any atom is 0.0948 e. The molecule has 1 aliphatic carbocycles. The number of ether oxygens (including phenoxy) is 1. The van der Waals surface area contributed by atoms with E-state index in [0.717, 1.165) is 5.92 Å². The highest BCUT2D eigenvalue weighted by Gasteiger charge is 2.33. The van der Waals surface area contributed by atoms with Crippen LogP contribution in [-0.4, -0.2) is 36.5 Å². The second-order valence-corrected chi connectivity index (χ2v) is 5.25. The minimum atomic E-state index is -0.311. The Morgan fingerprint density at radius 2 is 1.93 bits per heavy atom. The molecule has 3 heteroatoms. The zero-order valence-corrected chi connectivity index (χ0v) is 9.78. The molecule has 2 rings (SSSR count). The van der Waals surface area contributed by atoms with E-state index in [1.165, 1.54) is 19.3 Å². The minimum absolute atomic E-state index is 0.155. The van der Waals surface area contributed by atoms with Gasteiger partial charge in [-0.25, -0.2) is 0 Å². The number of nitrogens with one attached hydrogen (secondary N) is 1. The van der Waals surface area contributed by atoms with Gasteiger partial charge < -0.3 is 15.2 Å². The number of aliphatic hydroxyl groups is 1. The van der Waals surface area contributed by atoms with E-state index < -0.39 is 0 Å². The molecule has 5 atom stereocenters. The second kappa shape index (κ2) is 4.81. The zero-order chi connectivity index (χ0) is 10.8. The van der Waals surface area contributed by atoms with Crippen LogP contribution in [0.25, 0.3) is 0 Å². The van der Waals surface area contributed by atoms with Gasteiger partial charge in [0.25, 0.3) is 0 Å². The van der Waals surface area contributed by atoms with Crippen LogP contribution in [0.15, 0.2) is 0 Å². The normalized spacial score (nSPS) is 47.0. The van der Waals surface area contributed by atoms with Crippen LogP contribution in [0.5, 0.6) is 0 Å². The zero-order valence-electron chi connectivity index (χ0n) is 9.78. The molecule has 0 aromatic rings. The molecule has 0 spiro atoms. The summed E-state index contributed by atoms with van der Waals surface area (Å²) in [6.45, 7) is 5.82. The van der Waals surface area contributed by atoms with Gasteiger partial charge in [0.05, 0.1) is 25.4 Å². The fourth-order valence-corrected chi connectivity index (χ4v) is 2.79. The molecule has 1 saturated carbocycles. The molecule has 2 aliphatic rings. The van der Waals surface area contributed by atoms with Crippen molar-refractivity contribution in [1.82, 2.24) is 5.32 Å². The first-order valence-electron chi connectivity index (χ1n) is 6.20. The maximum atomic E-state index is 9.68. The highest BCUT2D eigenvalue weighted by molar-refractivity contribution is 4.89. The Morgan fingerprint density at radius 1 is 1.13 bits per heavy atom. The van der Waals surface area contributed by atoms with E-state index in [0.29, 0.717) is 25.2 Å². The lowest BCUT2D eigenvalue weighted by Crippen LogP contribution is -2.49. The van der Waals surface area contributed by atoms with Gasteiger partial charge in [-0.1, -0.05) is 26.7 Å². The third-order valence-corrected chi connectivity index (χ3v) is 4.19. The van der Waals surface area contributed by atoms with E-state index in [1.54, 1.807) is 0 Å². The molecule has 5 unspecified atom stereocenters. The van der Waals surface area contributed by atoms with E-state index >= 15 is 0 Å². The molecule has 15 heavy (non-hydrogen) atoms. The molecule has 0 amide bonds. The molecular weight excluding hydrogens is 190 g/mol. The lowest BCUT2D eigenvalue weighted by Gasteiger charge is -2.36. The van der Waals surface area contributed by atoms with Gasteiger partial charge >= 0.3 is 0 Å². The van der Waals surface area contributed by atoms with Crippen molar-refractivity contribution in [2.24, 2.45) is 11.8 Å². The molecular formula is C12H23NO2. The van der Waals surface area contributed by atoms with Gasteiger partial charge in [0.2, 0.25) is 0 Å². The number of rotatable bonds is 2. The molecule has 0 aromatic heterocycles. The molecule has 2 fully saturated rings. The SMILES string of the molecule is CC1CCCC(NC2COCC2O)C1C. The van der Waals surface area contributed by atoms with E-state index in [4.69, 9.17) is 4.74 Å². The van der Waals surface area contributed by atoms with Crippen LogP contribution in [0, 0.1) is 11.8 Å².